The zero-order valence-corrected chi connectivity index (χ0v) is 12.2. The van der Waals surface area contributed by atoms with Crippen LogP contribution in [0.1, 0.15) is 25.6 Å². The molecule has 0 bridgehead atoms. The predicted octanol–water partition coefficient (Wildman–Crippen LogP) is 3.68. The molecule has 1 atom stereocenters. The summed E-state index contributed by atoms with van der Waals surface area (Å²) in [5, 5.41) is 1.98. The maximum absolute atomic E-state index is 12.1. The second kappa shape index (κ2) is 6.52. The Kier molecular flexibility index (Phi) is 5.66. The highest BCUT2D eigenvalue weighted by atomic mass is 79.9. The van der Waals surface area contributed by atoms with Gasteiger partial charge in [0.05, 0.1) is 0 Å². The average molecular weight is 305 g/mol. The van der Waals surface area contributed by atoms with Crippen molar-refractivity contribution in [3.63, 3.8) is 0 Å². The van der Waals surface area contributed by atoms with E-state index in [2.05, 4.69) is 15.9 Å². The van der Waals surface area contributed by atoms with E-state index in [1.165, 1.54) is 0 Å². The molecule has 16 heavy (non-hydrogen) atoms. The third kappa shape index (κ3) is 3.68. The number of carbonyl (C=O) groups excluding carboxylic acids is 1. The molecule has 0 aliphatic rings. The van der Waals surface area contributed by atoms with Gasteiger partial charge in [-0.2, -0.15) is 0 Å². The van der Waals surface area contributed by atoms with Crippen molar-refractivity contribution in [2.45, 2.75) is 33.3 Å². The molecule has 0 radical (unpaired) electrons. The van der Waals surface area contributed by atoms with E-state index in [4.69, 9.17) is 4.74 Å². The van der Waals surface area contributed by atoms with E-state index < -0.39 is 0 Å². The summed E-state index contributed by atoms with van der Waals surface area (Å²) < 4.78 is 6.51. The van der Waals surface area contributed by atoms with Gasteiger partial charge >= 0.3 is 0 Å². The molecule has 1 heterocycles. The highest BCUT2D eigenvalue weighted by Gasteiger charge is 2.23. The Labute approximate surface area is 109 Å². The molecule has 0 aromatic carbocycles. The molecule has 0 spiro atoms. The van der Waals surface area contributed by atoms with Crippen molar-refractivity contribution in [3.05, 3.63) is 20.8 Å². The Hall–Kier alpha value is -0.190. The molecule has 0 aliphatic carbocycles. The molecule has 1 rings (SSSR count). The van der Waals surface area contributed by atoms with Crippen molar-refractivity contribution in [2.75, 3.05) is 6.61 Å². The van der Waals surface area contributed by atoms with Crippen LogP contribution < -0.4 is 0 Å². The molecule has 4 heteroatoms. The average Bonchev–Trinajstić information content (AvgIpc) is 2.60. The lowest BCUT2D eigenvalue weighted by Crippen LogP contribution is -2.31. The molecular weight excluding hydrogens is 288 g/mol. The van der Waals surface area contributed by atoms with Crippen LogP contribution in [-0.2, 0) is 16.0 Å². The fraction of sp³-hybridized carbons (Fsp3) is 0.583. The van der Waals surface area contributed by atoms with Crippen molar-refractivity contribution >= 4 is 33.0 Å². The summed E-state index contributed by atoms with van der Waals surface area (Å²) in [6.45, 7) is 6.54. The largest absolute Gasteiger partial charge is 0.370 e. The molecule has 0 saturated carbocycles. The van der Waals surface area contributed by atoms with Gasteiger partial charge in [-0.05, 0) is 40.2 Å². The standard InChI is InChI=1S/C12H17BrO2S/c1-4-15-12(8(2)3)10(14)7-11-9(13)5-6-16-11/h5-6,8,12H,4,7H2,1-3H3. The van der Waals surface area contributed by atoms with Crippen LogP contribution in [0.5, 0.6) is 0 Å². The lowest BCUT2D eigenvalue weighted by Gasteiger charge is -2.19. The van der Waals surface area contributed by atoms with E-state index in [0.29, 0.717) is 13.0 Å². The number of ether oxygens (including phenoxy) is 1. The minimum absolute atomic E-state index is 0.167. The highest BCUT2D eigenvalue weighted by Crippen LogP contribution is 2.24. The van der Waals surface area contributed by atoms with Gasteiger partial charge in [0.1, 0.15) is 6.10 Å². The van der Waals surface area contributed by atoms with Gasteiger partial charge in [0.25, 0.3) is 0 Å². The second-order valence-corrected chi connectivity index (χ2v) is 5.81. The molecular formula is C12H17BrO2S. The van der Waals surface area contributed by atoms with Crippen LogP contribution >= 0.6 is 27.3 Å². The number of hydrogen-bond donors (Lipinski definition) is 0. The monoisotopic (exact) mass is 304 g/mol. The fourth-order valence-electron chi connectivity index (χ4n) is 1.55. The number of halogens is 1. The van der Waals surface area contributed by atoms with E-state index in [1.54, 1.807) is 11.3 Å². The minimum Gasteiger partial charge on any atom is -0.370 e. The highest BCUT2D eigenvalue weighted by molar-refractivity contribution is 9.10. The minimum atomic E-state index is -0.279. The van der Waals surface area contributed by atoms with Crippen LogP contribution in [0.15, 0.2) is 15.9 Å². The quantitative estimate of drug-likeness (QED) is 0.801. The van der Waals surface area contributed by atoms with Crippen LogP contribution in [0.3, 0.4) is 0 Å². The molecule has 0 aliphatic heterocycles. The van der Waals surface area contributed by atoms with Gasteiger partial charge in [0, 0.05) is 22.4 Å². The second-order valence-electron chi connectivity index (χ2n) is 3.95. The van der Waals surface area contributed by atoms with Crippen LogP contribution in [0.25, 0.3) is 0 Å². The van der Waals surface area contributed by atoms with Crippen molar-refractivity contribution < 1.29 is 9.53 Å². The molecule has 1 aromatic heterocycles. The van der Waals surface area contributed by atoms with Crippen molar-refractivity contribution in [1.29, 1.82) is 0 Å². The van der Waals surface area contributed by atoms with Crippen LogP contribution in [0, 0.1) is 5.92 Å². The Morgan fingerprint density at radius 3 is 2.69 bits per heavy atom. The van der Waals surface area contributed by atoms with Gasteiger partial charge in [0.15, 0.2) is 5.78 Å². The first-order chi connectivity index (χ1) is 7.56. The first-order valence-corrected chi connectivity index (χ1v) is 7.09. The number of ketones is 1. The predicted molar refractivity (Wildman–Crippen MR) is 71.0 cm³/mol. The molecule has 0 saturated heterocycles. The Morgan fingerprint density at radius 2 is 2.25 bits per heavy atom. The van der Waals surface area contributed by atoms with E-state index >= 15 is 0 Å². The van der Waals surface area contributed by atoms with Crippen molar-refractivity contribution in [1.82, 2.24) is 0 Å². The van der Waals surface area contributed by atoms with Crippen LogP contribution in [0.4, 0.5) is 0 Å². The molecule has 2 nitrogen and oxygen atoms in total. The van der Waals surface area contributed by atoms with Crippen LogP contribution in [-0.4, -0.2) is 18.5 Å². The fourth-order valence-corrected chi connectivity index (χ4v) is 3.05. The zero-order chi connectivity index (χ0) is 12.1. The van der Waals surface area contributed by atoms with Gasteiger partial charge in [-0.1, -0.05) is 13.8 Å². The summed E-state index contributed by atoms with van der Waals surface area (Å²) in [4.78, 5) is 13.1. The molecule has 1 unspecified atom stereocenters. The smallest absolute Gasteiger partial charge is 0.167 e. The van der Waals surface area contributed by atoms with E-state index in [9.17, 15) is 4.79 Å². The third-order valence-corrected chi connectivity index (χ3v) is 4.22. The summed E-state index contributed by atoms with van der Waals surface area (Å²) in [5.74, 6) is 0.395. The first-order valence-electron chi connectivity index (χ1n) is 5.42. The van der Waals surface area contributed by atoms with E-state index in [0.717, 1.165) is 9.35 Å². The summed E-state index contributed by atoms with van der Waals surface area (Å²) in [6, 6.07) is 1.97. The Bertz CT molecular complexity index is 347. The Morgan fingerprint density at radius 1 is 1.56 bits per heavy atom. The van der Waals surface area contributed by atoms with Crippen molar-refractivity contribution in [2.24, 2.45) is 5.92 Å². The topological polar surface area (TPSA) is 26.3 Å². The van der Waals surface area contributed by atoms with Gasteiger partial charge in [-0.25, -0.2) is 0 Å². The Balaban J connectivity index is 2.66. The van der Waals surface area contributed by atoms with E-state index in [1.807, 2.05) is 32.2 Å². The maximum Gasteiger partial charge on any atom is 0.167 e. The molecule has 0 N–H and O–H groups in total. The molecule has 90 valence electrons. The van der Waals surface area contributed by atoms with Crippen molar-refractivity contribution in [3.8, 4) is 0 Å². The van der Waals surface area contributed by atoms with Gasteiger partial charge in [-0.3, -0.25) is 4.79 Å². The number of rotatable bonds is 6. The summed E-state index contributed by atoms with van der Waals surface area (Å²) in [6.07, 6.45) is 0.181. The van der Waals surface area contributed by atoms with Gasteiger partial charge < -0.3 is 4.74 Å². The van der Waals surface area contributed by atoms with Crippen LogP contribution in [0.2, 0.25) is 0 Å². The number of carbonyl (C=O) groups is 1. The molecule has 1 aromatic rings. The molecule has 0 fully saturated rings. The third-order valence-electron chi connectivity index (χ3n) is 2.29. The van der Waals surface area contributed by atoms with Gasteiger partial charge in [-0.15, -0.1) is 11.3 Å². The number of Topliss-reactive ketones (excluding diaryl/α,β-unsaturated/α-hetero) is 1. The summed E-state index contributed by atoms with van der Waals surface area (Å²) >= 11 is 5.04. The lowest BCUT2D eigenvalue weighted by atomic mass is 10.0. The molecule has 0 amide bonds. The number of thiophene rings is 1. The number of hydrogen-bond acceptors (Lipinski definition) is 3. The maximum atomic E-state index is 12.1. The summed E-state index contributed by atoms with van der Waals surface area (Å²) in [7, 11) is 0. The van der Waals surface area contributed by atoms with E-state index in [-0.39, 0.29) is 17.8 Å². The normalized spacial score (nSPS) is 13.1. The SMILES string of the molecule is CCOC(C(=O)Cc1sccc1Br)C(C)C. The lowest BCUT2D eigenvalue weighted by molar-refractivity contribution is -0.132. The first kappa shape index (κ1) is 13.9. The van der Waals surface area contributed by atoms with Gasteiger partial charge in [0.2, 0.25) is 0 Å². The summed E-state index contributed by atoms with van der Waals surface area (Å²) in [5.41, 5.74) is 0. The zero-order valence-electron chi connectivity index (χ0n) is 9.83.